The van der Waals surface area contributed by atoms with Crippen molar-refractivity contribution in [3.63, 3.8) is 0 Å². The van der Waals surface area contributed by atoms with Crippen LogP contribution >= 0.6 is 11.8 Å². The van der Waals surface area contributed by atoms with E-state index in [9.17, 15) is 14.3 Å². The van der Waals surface area contributed by atoms with Crippen LogP contribution < -0.4 is 5.32 Å². The summed E-state index contributed by atoms with van der Waals surface area (Å²) in [5.41, 5.74) is -0.580. The van der Waals surface area contributed by atoms with Crippen LogP contribution in [0.15, 0.2) is 41.6 Å². The number of carbonyl (C=O) groups is 1. The minimum absolute atomic E-state index is 0.0648. The van der Waals surface area contributed by atoms with Gasteiger partial charge in [-0.05, 0) is 19.1 Å². The summed E-state index contributed by atoms with van der Waals surface area (Å²) in [6.45, 7) is 1.67. The van der Waals surface area contributed by atoms with Crippen molar-refractivity contribution in [3.05, 3.63) is 48.0 Å². The maximum Gasteiger partial charge on any atom is 0.230 e. The molecule has 0 aliphatic rings. The van der Waals surface area contributed by atoms with Gasteiger partial charge in [-0.25, -0.2) is 4.39 Å². The third kappa shape index (κ3) is 4.32. The quantitative estimate of drug-likeness (QED) is 0.794. The number of aryl methyl sites for hydroxylation is 1. The second-order valence-electron chi connectivity index (χ2n) is 5.17. The van der Waals surface area contributed by atoms with Crippen LogP contribution in [0.25, 0.3) is 0 Å². The van der Waals surface area contributed by atoms with Gasteiger partial charge in [0.2, 0.25) is 5.91 Å². The molecule has 5 nitrogen and oxygen atoms in total. The van der Waals surface area contributed by atoms with Crippen LogP contribution in [0.5, 0.6) is 0 Å². The molecule has 0 saturated heterocycles. The normalized spacial score (nSPS) is 13.6. The first kappa shape index (κ1) is 16.5. The van der Waals surface area contributed by atoms with E-state index >= 15 is 0 Å². The summed E-state index contributed by atoms with van der Waals surface area (Å²) >= 11 is 1.12. The molecule has 0 aliphatic heterocycles. The van der Waals surface area contributed by atoms with Gasteiger partial charge in [0.25, 0.3) is 0 Å². The number of hydrogen-bond donors (Lipinski definition) is 2. The van der Waals surface area contributed by atoms with Gasteiger partial charge in [-0.2, -0.15) is 5.10 Å². The summed E-state index contributed by atoms with van der Waals surface area (Å²) in [5, 5.41) is 17.0. The summed E-state index contributed by atoms with van der Waals surface area (Å²) in [7, 11) is 1.75. The number of nitrogens with zero attached hydrogens (tertiary/aromatic N) is 2. The Morgan fingerprint density at radius 2 is 2.23 bits per heavy atom. The average molecular weight is 323 g/mol. The Hall–Kier alpha value is -1.86. The predicted octanol–water partition coefficient (Wildman–Crippen LogP) is 1.68. The fourth-order valence-corrected chi connectivity index (χ4v) is 2.60. The molecule has 0 saturated carbocycles. The Kier molecular flexibility index (Phi) is 5.20. The van der Waals surface area contributed by atoms with Gasteiger partial charge < -0.3 is 10.4 Å². The highest BCUT2D eigenvalue weighted by Crippen LogP contribution is 2.21. The summed E-state index contributed by atoms with van der Waals surface area (Å²) in [6, 6.07) is 6.30. The number of aliphatic hydroxyl groups is 1. The second-order valence-corrected chi connectivity index (χ2v) is 6.19. The fraction of sp³-hybridized carbons (Fsp3) is 0.333. The smallest absolute Gasteiger partial charge is 0.230 e. The maximum atomic E-state index is 13.4. The van der Waals surface area contributed by atoms with E-state index in [1.54, 1.807) is 49.2 Å². The highest BCUT2D eigenvalue weighted by Gasteiger charge is 2.25. The molecule has 1 unspecified atom stereocenters. The highest BCUT2D eigenvalue weighted by molar-refractivity contribution is 8.00. The molecule has 118 valence electrons. The monoisotopic (exact) mass is 323 g/mol. The predicted molar refractivity (Wildman–Crippen MR) is 82.9 cm³/mol. The number of nitrogens with one attached hydrogen (secondary N) is 1. The van der Waals surface area contributed by atoms with E-state index in [0.717, 1.165) is 11.8 Å². The molecule has 2 rings (SSSR count). The topological polar surface area (TPSA) is 67.2 Å². The Bertz CT molecular complexity index is 658. The van der Waals surface area contributed by atoms with Crippen LogP contribution in [0.1, 0.15) is 12.5 Å². The number of amides is 1. The van der Waals surface area contributed by atoms with Crippen molar-refractivity contribution in [2.45, 2.75) is 17.4 Å². The van der Waals surface area contributed by atoms with Crippen LogP contribution in [0, 0.1) is 5.82 Å². The third-order valence-electron chi connectivity index (χ3n) is 3.15. The van der Waals surface area contributed by atoms with Gasteiger partial charge in [0.1, 0.15) is 11.4 Å². The first-order valence-electron chi connectivity index (χ1n) is 6.74. The van der Waals surface area contributed by atoms with Gasteiger partial charge in [-0.1, -0.05) is 12.1 Å². The van der Waals surface area contributed by atoms with Gasteiger partial charge >= 0.3 is 0 Å². The Morgan fingerprint density at radius 1 is 1.50 bits per heavy atom. The molecule has 0 aliphatic carbocycles. The molecule has 1 aromatic heterocycles. The van der Waals surface area contributed by atoms with Crippen LogP contribution in [0.3, 0.4) is 0 Å². The second kappa shape index (κ2) is 6.93. The lowest BCUT2D eigenvalue weighted by Crippen LogP contribution is -2.39. The van der Waals surface area contributed by atoms with Crippen molar-refractivity contribution in [2.75, 3.05) is 12.3 Å². The van der Waals surface area contributed by atoms with E-state index < -0.39 is 5.60 Å². The van der Waals surface area contributed by atoms with Crippen molar-refractivity contribution in [2.24, 2.45) is 7.05 Å². The average Bonchev–Trinajstić information content (AvgIpc) is 2.92. The molecule has 1 atom stereocenters. The van der Waals surface area contributed by atoms with Crippen molar-refractivity contribution >= 4 is 17.7 Å². The molecule has 0 spiro atoms. The van der Waals surface area contributed by atoms with Gasteiger partial charge in [0.05, 0.1) is 18.5 Å². The summed E-state index contributed by atoms with van der Waals surface area (Å²) < 4.78 is 15.0. The van der Waals surface area contributed by atoms with Gasteiger partial charge in [0.15, 0.2) is 0 Å². The molecule has 22 heavy (non-hydrogen) atoms. The molecule has 0 fully saturated rings. The number of rotatable bonds is 6. The molecule has 0 radical (unpaired) electrons. The number of hydrogen-bond acceptors (Lipinski definition) is 4. The summed E-state index contributed by atoms with van der Waals surface area (Å²) in [6.07, 6.45) is 3.25. The molecule has 2 aromatic rings. The molecule has 1 aromatic carbocycles. The minimum Gasteiger partial charge on any atom is -0.383 e. The zero-order chi connectivity index (χ0) is 16.2. The van der Waals surface area contributed by atoms with E-state index in [2.05, 4.69) is 10.4 Å². The van der Waals surface area contributed by atoms with Crippen LogP contribution in [-0.2, 0) is 17.4 Å². The lowest BCUT2D eigenvalue weighted by molar-refractivity contribution is -0.119. The standard InChI is InChI=1S/C15H18FN3O2S/c1-15(21,11-7-18-19(2)8-11)10-17-14(20)9-22-13-6-4-3-5-12(13)16/h3-8,21H,9-10H2,1-2H3,(H,17,20). The van der Waals surface area contributed by atoms with E-state index in [1.165, 1.54) is 6.07 Å². The van der Waals surface area contributed by atoms with Crippen molar-refractivity contribution in [3.8, 4) is 0 Å². The van der Waals surface area contributed by atoms with E-state index in [0.29, 0.717) is 10.5 Å². The van der Waals surface area contributed by atoms with Crippen LogP contribution in [-0.4, -0.2) is 33.1 Å². The minimum atomic E-state index is -1.20. The molecular formula is C15H18FN3O2S. The van der Waals surface area contributed by atoms with E-state index in [1.807, 2.05) is 0 Å². The van der Waals surface area contributed by atoms with Gasteiger partial charge in [-0.15, -0.1) is 11.8 Å². The van der Waals surface area contributed by atoms with E-state index in [-0.39, 0.29) is 24.0 Å². The first-order chi connectivity index (χ1) is 10.4. The van der Waals surface area contributed by atoms with Crippen LogP contribution in [0.4, 0.5) is 4.39 Å². The fourth-order valence-electron chi connectivity index (χ4n) is 1.83. The van der Waals surface area contributed by atoms with Crippen molar-refractivity contribution < 1.29 is 14.3 Å². The SMILES string of the molecule is Cn1cc(C(C)(O)CNC(=O)CSc2ccccc2F)cn1. The number of halogens is 1. The molecule has 7 heteroatoms. The van der Waals surface area contributed by atoms with Crippen LogP contribution in [0.2, 0.25) is 0 Å². The summed E-state index contributed by atoms with van der Waals surface area (Å²) in [5.74, 6) is -0.524. The summed E-state index contributed by atoms with van der Waals surface area (Å²) in [4.78, 5) is 12.3. The lowest BCUT2D eigenvalue weighted by atomic mass is 10.00. The number of thioether (sulfide) groups is 1. The first-order valence-corrected chi connectivity index (χ1v) is 7.72. The Morgan fingerprint density at radius 3 is 2.86 bits per heavy atom. The molecule has 1 heterocycles. The molecular weight excluding hydrogens is 305 g/mol. The number of aromatic nitrogens is 2. The molecule has 2 N–H and O–H groups in total. The Balaban J connectivity index is 1.84. The van der Waals surface area contributed by atoms with Crippen molar-refractivity contribution in [1.82, 2.24) is 15.1 Å². The zero-order valence-corrected chi connectivity index (χ0v) is 13.2. The Labute approximate surface area is 132 Å². The number of carbonyl (C=O) groups excluding carboxylic acids is 1. The largest absolute Gasteiger partial charge is 0.383 e. The van der Waals surface area contributed by atoms with E-state index in [4.69, 9.17) is 0 Å². The number of benzene rings is 1. The third-order valence-corrected chi connectivity index (χ3v) is 4.20. The molecule has 0 bridgehead atoms. The van der Waals surface area contributed by atoms with Gasteiger partial charge in [-0.3, -0.25) is 9.48 Å². The lowest BCUT2D eigenvalue weighted by Gasteiger charge is -2.22. The molecule has 1 amide bonds. The zero-order valence-electron chi connectivity index (χ0n) is 12.4. The maximum absolute atomic E-state index is 13.4. The van der Waals surface area contributed by atoms with Gasteiger partial charge in [0, 0.05) is 23.7 Å². The highest BCUT2D eigenvalue weighted by atomic mass is 32.2. The van der Waals surface area contributed by atoms with Crippen molar-refractivity contribution in [1.29, 1.82) is 0 Å².